The summed E-state index contributed by atoms with van der Waals surface area (Å²) in [6.07, 6.45) is 0. The molecule has 4 amide bonds. The molecule has 12 heteroatoms. The van der Waals surface area contributed by atoms with E-state index in [0.717, 1.165) is 55.6 Å². The SMILES string of the molecule is CC(=O)Sc1ccc(N2C(=O)c3cc(Nc4cc(C(C)(C)C)cc(C(C)(C)C)c4)c4c5c(cc(Nc6cc(C(C)(C)C)cc(C(C)(C)C)c6)c(c35)C2=O)C(=O)N(c2ccc(SC(C)=O)cc2)C4=O)cc1. The fourth-order valence-electron chi connectivity index (χ4n) is 8.83. The van der Waals surface area contributed by atoms with Gasteiger partial charge in [-0.2, -0.15) is 0 Å². The first-order chi connectivity index (χ1) is 32.5. The average Bonchev–Trinajstić information content (AvgIpc) is 3.24. The number of anilines is 6. The smallest absolute Gasteiger partial charge is 0.268 e. The maximum absolute atomic E-state index is 15.4. The molecule has 0 saturated carbocycles. The largest absolute Gasteiger partial charge is 0.355 e. The topological polar surface area (TPSA) is 133 Å². The highest BCUT2D eigenvalue weighted by Crippen LogP contribution is 2.48. The first-order valence-corrected chi connectivity index (χ1v) is 25.0. The Morgan fingerprint density at radius 3 is 0.957 bits per heavy atom. The summed E-state index contributed by atoms with van der Waals surface area (Å²) in [7, 11) is 0. The van der Waals surface area contributed by atoms with Gasteiger partial charge in [0.2, 0.25) is 0 Å². The van der Waals surface area contributed by atoms with E-state index in [0.29, 0.717) is 21.2 Å². The second-order valence-electron chi connectivity index (χ2n) is 22.4. The van der Waals surface area contributed by atoms with E-state index in [1.807, 2.05) is 24.3 Å². The third-order valence-electron chi connectivity index (χ3n) is 12.7. The fourth-order valence-corrected chi connectivity index (χ4v) is 10.0. The van der Waals surface area contributed by atoms with Crippen LogP contribution in [0.5, 0.6) is 0 Å². The maximum atomic E-state index is 15.4. The molecule has 0 aromatic heterocycles. The van der Waals surface area contributed by atoms with Crippen LogP contribution in [0.4, 0.5) is 34.1 Å². The van der Waals surface area contributed by atoms with Crippen LogP contribution in [0.15, 0.2) is 107 Å². The minimum atomic E-state index is -0.651. The van der Waals surface area contributed by atoms with Crippen LogP contribution < -0.4 is 20.4 Å². The Morgan fingerprint density at radius 1 is 0.414 bits per heavy atom. The number of thioether (sulfide) groups is 2. The lowest BCUT2D eigenvalue weighted by Crippen LogP contribution is -2.44. The van der Waals surface area contributed by atoms with Crippen LogP contribution in [0.1, 0.15) is 161 Å². The van der Waals surface area contributed by atoms with Gasteiger partial charge in [0, 0.05) is 45.8 Å². The van der Waals surface area contributed by atoms with Gasteiger partial charge in [0.1, 0.15) is 0 Å². The van der Waals surface area contributed by atoms with Crippen LogP contribution >= 0.6 is 23.5 Å². The second kappa shape index (κ2) is 17.7. The Kier molecular flexibility index (Phi) is 12.6. The van der Waals surface area contributed by atoms with Crippen molar-refractivity contribution in [2.24, 2.45) is 0 Å². The third-order valence-corrected chi connectivity index (χ3v) is 14.3. The molecular weight excluding hydrogens is 913 g/mol. The Balaban J connectivity index is 1.45. The monoisotopic (exact) mass is 972 g/mol. The van der Waals surface area contributed by atoms with Crippen molar-refractivity contribution in [3.05, 3.63) is 142 Å². The quantitative estimate of drug-likeness (QED) is 0.112. The lowest BCUT2D eigenvalue weighted by molar-refractivity contribution is -0.109. The van der Waals surface area contributed by atoms with E-state index in [4.69, 9.17) is 0 Å². The number of nitrogens with one attached hydrogen (secondary N) is 2. The van der Waals surface area contributed by atoms with E-state index in [1.165, 1.54) is 13.8 Å². The number of imide groups is 2. The van der Waals surface area contributed by atoms with Gasteiger partial charge < -0.3 is 10.6 Å². The summed E-state index contributed by atoms with van der Waals surface area (Å²) >= 11 is 2.08. The molecule has 2 aliphatic heterocycles. The van der Waals surface area contributed by atoms with Crippen LogP contribution in [0.3, 0.4) is 0 Å². The molecular formula is C58H60N4O6S2. The molecule has 0 aliphatic carbocycles. The van der Waals surface area contributed by atoms with Gasteiger partial charge in [0.05, 0.1) is 45.0 Å². The molecule has 6 aromatic carbocycles. The molecule has 2 heterocycles. The van der Waals surface area contributed by atoms with Crippen molar-refractivity contribution in [3.63, 3.8) is 0 Å². The standard InChI is InChI=1S/C58H60N4O6S2/c1-31(63)69-41-19-15-39(16-20-41)61-51(65)43-29-46(60-38-27-35(57(9,10)11)24-36(28-38)58(12,13)14)50-48-44(52(66)62(54(50)68)40-17-21-42(22-18-40)70-32(2)64)30-45(49(47(43)48)53(61)67)59-37-25-33(55(3,4)5)23-34(26-37)56(6,7)8/h15-30,59-60H,1-14H3. The number of amides is 4. The van der Waals surface area contributed by atoms with Crippen molar-refractivity contribution >= 4 is 102 Å². The summed E-state index contributed by atoms with van der Waals surface area (Å²) in [6.45, 7) is 28.5. The molecule has 0 radical (unpaired) electrons. The predicted molar refractivity (Wildman–Crippen MR) is 286 cm³/mol. The Hall–Kier alpha value is -6.50. The first-order valence-electron chi connectivity index (χ1n) is 23.4. The number of benzene rings is 6. The molecule has 6 aromatic rings. The maximum Gasteiger partial charge on any atom is 0.268 e. The summed E-state index contributed by atoms with van der Waals surface area (Å²) in [5, 5.41) is 7.29. The fraction of sp³-hybridized carbons (Fsp3) is 0.310. The molecule has 0 bridgehead atoms. The minimum Gasteiger partial charge on any atom is -0.355 e. The van der Waals surface area contributed by atoms with Crippen molar-refractivity contribution in [2.75, 3.05) is 20.4 Å². The zero-order valence-electron chi connectivity index (χ0n) is 42.4. The minimum absolute atomic E-state index is 0.110. The highest BCUT2D eigenvalue weighted by atomic mass is 32.2. The van der Waals surface area contributed by atoms with E-state index >= 15 is 19.2 Å². The van der Waals surface area contributed by atoms with Crippen molar-refractivity contribution in [1.29, 1.82) is 0 Å². The molecule has 8 rings (SSSR count). The number of nitrogens with zero attached hydrogens (tertiary/aromatic N) is 2. The third kappa shape index (κ3) is 9.55. The van der Waals surface area contributed by atoms with Crippen LogP contribution in [-0.4, -0.2) is 33.9 Å². The van der Waals surface area contributed by atoms with Crippen molar-refractivity contribution in [1.82, 2.24) is 0 Å². The van der Waals surface area contributed by atoms with Gasteiger partial charge in [-0.25, -0.2) is 9.80 Å². The van der Waals surface area contributed by atoms with Crippen molar-refractivity contribution < 1.29 is 28.8 Å². The van der Waals surface area contributed by atoms with Gasteiger partial charge in [-0.05, 0) is 129 Å². The van der Waals surface area contributed by atoms with Gasteiger partial charge in [-0.1, -0.05) is 119 Å². The summed E-state index contributed by atoms with van der Waals surface area (Å²) < 4.78 is 0. The lowest BCUT2D eigenvalue weighted by atomic mass is 9.80. The van der Waals surface area contributed by atoms with Gasteiger partial charge in [-0.15, -0.1) is 0 Å². The van der Waals surface area contributed by atoms with Crippen LogP contribution in [0.25, 0.3) is 10.8 Å². The van der Waals surface area contributed by atoms with Gasteiger partial charge in [0.25, 0.3) is 23.6 Å². The second-order valence-corrected chi connectivity index (χ2v) is 24.9. The Morgan fingerprint density at radius 2 is 0.700 bits per heavy atom. The summed E-state index contributed by atoms with van der Waals surface area (Å²) in [5.74, 6) is -2.60. The molecule has 70 heavy (non-hydrogen) atoms. The number of hydrogen-bond donors (Lipinski definition) is 2. The summed E-state index contributed by atoms with van der Waals surface area (Å²) in [5.41, 5.74) is 6.09. The summed E-state index contributed by atoms with van der Waals surface area (Å²) in [6, 6.07) is 29.1. The van der Waals surface area contributed by atoms with E-state index in [1.54, 1.807) is 60.7 Å². The molecule has 2 aliphatic rings. The van der Waals surface area contributed by atoms with Crippen molar-refractivity contribution in [3.8, 4) is 0 Å². The highest BCUT2D eigenvalue weighted by molar-refractivity contribution is 8.13. The Labute approximate surface area is 419 Å². The molecule has 2 N–H and O–H groups in total. The number of carbonyl (C=O) groups excluding carboxylic acids is 6. The van der Waals surface area contributed by atoms with Crippen LogP contribution in [0, 0.1) is 0 Å². The van der Waals surface area contributed by atoms with Crippen molar-refractivity contribution in [2.45, 2.75) is 128 Å². The summed E-state index contributed by atoms with van der Waals surface area (Å²) in [4.78, 5) is 89.1. The van der Waals surface area contributed by atoms with E-state index in [9.17, 15) is 9.59 Å². The zero-order valence-corrected chi connectivity index (χ0v) is 44.0. The van der Waals surface area contributed by atoms with E-state index in [2.05, 4.69) is 106 Å². The molecule has 0 saturated heterocycles. The molecule has 0 atom stereocenters. The predicted octanol–water partition coefficient (Wildman–Crippen LogP) is 14.4. The number of hydrogen-bond acceptors (Lipinski definition) is 10. The van der Waals surface area contributed by atoms with Gasteiger partial charge >= 0.3 is 0 Å². The van der Waals surface area contributed by atoms with E-state index in [-0.39, 0.29) is 87.7 Å². The molecule has 0 fully saturated rings. The number of carbonyl (C=O) groups is 6. The van der Waals surface area contributed by atoms with Crippen LogP contribution in [-0.2, 0) is 31.2 Å². The lowest BCUT2D eigenvalue weighted by Gasteiger charge is -2.35. The normalized spacial score (nSPS) is 14.1. The zero-order chi connectivity index (χ0) is 51.2. The molecule has 0 unspecified atom stereocenters. The highest BCUT2D eigenvalue weighted by Gasteiger charge is 2.44. The average molecular weight is 973 g/mol. The molecule has 360 valence electrons. The van der Waals surface area contributed by atoms with E-state index < -0.39 is 23.6 Å². The van der Waals surface area contributed by atoms with Gasteiger partial charge in [-0.3, -0.25) is 28.8 Å². The van der Waals surface area contributed by atoms with Gasteiger partial charge in [0.15, 0.2) is 10.2 Å². The number of rotatable bonds is 8. The molecule has 0 spiro atoms. The van der Waals surface area contributed by atoms with Crippen LogP contribution in [0.2, 0.25) is 0 Å². The Bertz CT molecular complexity index is 2940. The molecule has 10 nitrogen and oxygen atoms in total. The first kappa shape index (κ1) is 49.9.